The van der Waals surface area contributed by atoms with Crippen LogP contribution in [0.3, 0.4) is 0 Å². The van der Waals surface area contributed by atoms with Gasteiger partial charge < -0.3 is 17.7 Å². The first kappa shape index (κ1) is 14.6. The van der Waals surface area contributed by atoms with E-state index in [1.165, 1.54) is 0 Å². The molecule has 82 valence electrons. The molecule has 0 saturated heterocycles. The molecule has 0 radical (unpaired) electrons. The molecule has 16 heavy (non-hydrogen) atoms. The van der Waals surface area contributed by atoms with Gasteiger partial charge in [0, 0.05) is 6.42 Å². The minimum absolute atomic E-state index is 0. The third-order valence-electron chi connectivity index (χ3n) is 2.49. The van der Waals surface area contributed by atoms with Gasteiger partial charge in [0.25, 0.3) is 0 Å². The molecule has 0 amide bonds. The van der Waals surface area contributed by atoms with Crippen molar-refractivity contribution in [2.45, 2.75) is 25.8 Å². The maximum absolute atomic E-state index is 12.2. The Morgan fingerprint density at radius 1 is 1.38 bits per heavy atom. The van der Waals surface area contributed by atoms with Crippen LogP contribution in [0.25, 0.3) is 0 Å². The van der Waals surface area contributed by atoms with E-state index < -0.39 is 19.4 Å². The molecule has 0 aliphatic carbocycles. The Bertz CT molecular complexity index is 381. The molecule has 0 saturated carbocycles. The average molecular weight is 254 g/mol. The van der Waals surface area contributed by atoms with Crippen molar-refractivity contribution in [2.75, 3.05) is 0 Å². The Morgan fingerprint density at radius 3 is 2.69 bits per heavy atom. The van der Waals surface area contributed by atoms with Gasteiger partial charge in [-0.2, -0.15) is 0 Å². The number of ether oxygens (including phenoxy) is 1. The van der Waals surface area contributed by atoms with Crippen LogP contribution in [0.1, 0.15) is 11.1 Å². The van der Waals surface area contributed by atoms with E-state index in [0.717, 1.165) is 11.1 Å². The molecule has 0 N–H and O–H groups in total. The predicted molar refractivity (Wildman–Crippen MR) is 53.2 cm³/mol. The predicted octanol–water partition coefficient (Wildman–Crippen LogP) is 0.150. The molecule has 1 unspecified atom stereocenters. The zero-order valence-electron chi connectivity index (χ0n) is 9.34. The molecular weight excluding hydrogens is 243 g/mol. The third-order valence-corrected chi connectivity index (χ3v) is 2.49. The van der Waals surface area contributed by atoms with E-state index in [1.807, 2.05) is 19.1 Å². The summed E-state index contributed by atoms with van der Waals surface area (Å²) in [6.45, 7) is -2.84. The van der Waals surface area contributed by atoms with Crippen LogP contribution in [0.5, 0.6) is 5.75 Å². The van der Waals surface area contributed by atoms with Gasteiger partial charge in [-0.05, 0) is 24.9 Å². The van der Waals surface area contributed by atoms with Crippen molar-refractivity contribution in [3.63, 3.8) is 0 Å². The van der Waals surface area contributed by atoms with Gasteiger partial charge in [-0.3, -0.25) is 0 Å². The van der Waals surface area contributed by atoms with Crippen molar-refractivity contribution in [2.24, 2.45) is 0 Å². The maximum atomic E-state index is 12.2. The van der Waals surface area contributed by atoms with Crippen molar-refractivity contribution in [3.05, 3.63) is 29.3 Å². The second-order valence-electron chi connectivity index (χ2n) is 4.00. The fourth-order valence-corrected chi connectivity index (χ4v) is 1.88. The van der Waals surface area contributed by atoms with Crippen LogP contribution in [-0.4, -0.2) is 13.1 Å². The molecule has 0 fully saturated rings. The van der Waals surface area contributed by atoms with Gasteiger partial charge in [0.05, 0.1) is 6.10 Å². The molecule has 1 aromatic carbocycles. The van der Waals surface area contributed by atoms with Crippen LogP contribution >= 0.6 is 0 Å². The Kier molecular flexibility index (Phi) is 4.95. The first-order chi connectivity index (χ1) is 6.94. The summed E-state index contributed by atoms with van der Waals surface area (Å²) in [6, 6.07) is 5.48. The molecule has 0 aromatic heterocycles. The minimum Gasteiger partial charge on any atom is -0.493 e. The van der Waals surface area contributed by atoms with E-state index in [9.17, 15) is 12.9 Å². The molecule has 1 aliphatic heterocycles. The van der Waals surface area contributed by atoms with Gasteiger partial charge in [-0.15, -0.1) is 0 Å². The van der Waals surface area contributed by atoms with E-state index in [0.29, 0.717) is 12.2 Å². The van der Waals surface area contributed by atoms with Crippen molar-refractivity contribution < 1.29 is 69.1 Å². The molecule has 1 aromatic rings. The molecule has 1 aliphatic rings. The normalized spacial score (nSPS) is 18.6. The quantitative estimate of drug-likeness (QED) is 0.683. The van der Waals surface area contributed by atoms with Crippen LogP contribution < -0.4 is 56.1 Å². The van der Waals surface area contributed by atoms with Gasteiger partial charge in [0.2, 0.25) is 0 Å². The monoisotopic (exact) mass is 254 g/mol. The van der Waals surface area contributed by atoms with Crippen LogP contribution in [0.2, 0.25) is 6.32 Å². The van der Waals surface area contributed by atoms with Crippen molar-refractivity contribution >= 4 is 6.98 Å². The first-order valence-corrected chi connectivity index (χ1v) is 4.91. The second kappa shape index (κ2) is 5.44. The third kappa shape index (κ3) is 3.77. The topological polar surface area (TPSA) is 9.23 Å². The number of fused-ring (bicyclic) bond motifs is 1. The smallest absolute Gasteiger partial charge is 0.493 e. The number of halogens is 3. The summed E-state index contributed by atoms with van der Waals surface area (Å²) in [4.78, 5) is 0. The molecular formula is C10H11BF3KO. The van der Waals surface area contributed by atoms with Crippen molar-refractivity contribution in [1.29, 1.82) is 0 Å². The average Bonchev–Trinajstić information content (AvgIpc) is 2.42. The fourth-order valence-electron chi connectivity index (χ4n) is 1.88. The number of benzene rings is 1. The Balaban J connectivity index is 0.00000128. The summed E-state index contributed by atoms with van der Waals surface area (Å²) in [5.74, 6) is 0.602. The van der Waals surface area contributed by atoms with Crippen LogP contribution in [-0.2, 0) is 6.42 Å². The van der Waals surface area contributed by atoms with Gasteiger partial charge in [0.1, 0.15) is 5.75 Å². The van der Waals surface area contributed by atoms with E-state index in [2.05, 4.69) is 0 Å². The zero-order valence-corrected chi connectivity index (χ0v) is 12.5. The summed E-state index contributed by atoms with van der Waals surface area (Å²) >= 11 is 0. The summed E-state index contributed by atoms with van der Waals surface area (Å²) in [5.41, 5.74) is 1.94. The van der Waals surface area contributed by atoms with Crippen molar-refractivity contribution in [1.82, 2.24) is 0 Å². The molecule has 1 atom stereocenters. The Labute approximate surface area is 135 Å². The van der Waals surface area contributed by atoms with Gasteiger partial charge >= 0.3 is 58.4 Å². The molecule has 1 heterocycles. The van der Waals surface area contributed by atoms with Crippen molar-refractivity contribution in [3.8, 4) is 5.75 Å². The summed E-state index contributed by atoms with van der Waals surface area (Å²) in [6.07, 6.45) is -1.16. The van der Waals surface area contributed by atoms with E-state index in [-0.39, 0.29) is 51.4 Å². The van der Waals surface area contributed by atoms with Crippen LogP contribution in [0, 0.1) is 6.92 Å². The van der Waals surface area contributed by atoms with Crippen LogP contribution in [0.4, 0.5) is 12.9 Å². The minimum atomic E-state index is -4.76. The largest absolute Gasteiger partial charge is 1.00 e. The second-order valence-corrected chi connectivity index (χ2v) is 4.00. The number of hydrogen-bond donors (Lipinski definition) is 0. The maximum Gasteiger partial charge on any atom is 1.00 e. The van der Waals surface area contributed by atoms with Gasteiger partial charge in [0.15, 0.2) is 0 Å². The molecule has 6 heteroatoms. The van der Waals surface area contributed by atoms with Crippen LogP contribution in [0.15, 0.2) is 18.2 Å². The van der Waals surface area contributed by atoms with E-state index in [4.69, 9.17) is 4.74 Å². The zero-order chi connectivity index (χ0) is 11.1. The number of aryl methyl sites for hydroxylation is 1. The molecule has 1 nitrogen and oxygen atoms in total. The van der Waals surface area contributed by atoms with E-state index in [1.54, 1.807) is 6.07 Å². The molecule has 0 bridgehead atoms. The van der Waals surface area contributed by atoms with E-state index >= 15 is 0 Å². The van der Waals surface area contributed by atoms with Gasteiger partial charge in [-0.1, -0.05) is 17.7 Å². The Morgan fingerprint density at radius 2 is 2.06 bits per heavy atom. The summed E-state index contributed by atoms with van der Waals surface area (Å²) in [5, 5.41) is 0. The standard InChI is InChI=1S/C10H11BF3O.K/c1-7-2-3-10-8(4-7)5-9(15-10)6-11(12,13)14;/h2-4,9H,5-6H2,1H3;/q-1;+1. The Hall–Kier alpha value is 0.511. The number of rotatable bonds is 2. The summed E-state index contributed by atoms with van der Waals surface area (Å²) < 4.78 is 41.8. The fraction of sp³-hybridized carbons (Fsp3) is 0.400. The SMILES string of the molecule is Cc1ccc2c(c1)CC(C[B-](F)(F)F)O2.[K+]. The molecule has 0 spiro atoms. The first-order valence-electron chi connectivity index (χ1n) is 4.91. The van der Waals surface area contributed by atoms with Gasteiger partial charge in [-0.25, -0.2) is 0 Å². The summed E-state index contributed by atoms with van der Waals surface area (Å²) in [7, 11) is 0. The number of hydrogen-bond acceptors (Lipinski definition) is 1. The molecule has 2 rings (SSSR count).